The number of hydrogen-bond acceptors (Lipinski definition) is 3. The summed E-state index contributed by atoms with van der Waals surface area (Å²) in [5.74, 6) is 1.61. The van der Waals surface area contributed by atoms with Crippen LogP contribution in [0, 0.1) is 17.8 Å². The van der Waals surface area contributed by atoms with Gasteiger partial charge in [0.05, 0.1) is 4.90 Å². The van der Waals surface area contributed by atoms with Crippen LogP contribution in [0.3, 0.4) is 0 Å². The Kier molecular flexibility index (Phi) is 3.51. The van der Waals surface area contributed by atoms with Gasteiger partial charge in [-0.3, -0.25) is 4.79 Å². The Labute approximate surface area is 148 Å². The van der Waals surface area contributed by atoms with Crippen molar-refractivity contribution in [3.63, 3.8) is 0 Å². The quantitative estimate of drug-likeness (QED) is 0.897. The standard InChI is InChI=1S/C19H24N2O3S/c22-19(13-3-4-13)21-8-7-15-11-16(5-6-18(15)21)25(23,24)20-17-10-12-1-2-14(17)9-12/h5-6,11-14,17,20H,1-4,7-10H2/t12-,14-,17+/m1/s1. The predicted octanol–water partition coefficient (Wildman–Crippen LogP) is 2.45. The second-order valence-corrected chi connectivity index (χ2v) is 9.92. The molecule has 4 aliphatic rings. The molecule has 0 aromatic heterocycles. The van der Waals surface area contributed by atoms with E-state index < -0.39 is 10.0 Å². The largest absolute Gasteiger partial charge is 0.312 e. The van der Waals surface area contributed by atoms with Crippen molar-refractivity contribution in [2.24, 2.45) is 17.8 Å². The highest BCUT2D eigenvalue weighted by molar-refractivity contribution is 7.89. The first-order valence-corrected chi connectivity index (χ1v) is 11.0. The smallest absolute Gasteiger partial charge is 0.240 e. The van der Waals surface area contributed by atoms with E-state index in [1.165, 1.54) is 12.8 Å². The van der Waals surface area contributed by atoms with Gasteiger partial charge in [-0.15, -0.1) is 0 Å². The minimum atomic E-state index is -3.48. The van der Waals surface area contributed by atoms with Crippen molar-refractivity contribution >= 4 is 21.6 Å². The van der Waals surface area contributed by atoms with Gasteiger partial charge >= 0.3 is 0 Å². The highest BCUT2D eigenvalue weighted by Crippen LogP contribution is 2.45. The Morgan fingerprint density at radius 2 is 1.96 bits per heavy atom. The maximum atomic E-state index is 12.8. The number of sulfonamides is 1. The molecule has 1 N–H and O–H groups in total. The van der Waals surface area contributed by atoms with Crippen molar-refractivity contribution in [1.82, 2.24) is 4.72 Å². The van der Waals surface area contributed by atoms with Gasteiger partial charge in [0.25, 0.3) is 0 Å². The van der Waals surface area contributed by atoms with Crippen LogP contribution in [0.5, 0.6) is 0 Å². The number of amides is 1. The van der Waals surface area contributed by atoms with E-state index in [1.807, 2.05) is 11.0 Å². The summed E-state index contributed by atoms with van der Waals surface area (Å²) in [6.07, 6.45) is 7.29. The Bertz CT molecular complexity index is 831. The molecule has 6 heteroatoms. The first kappa shape index (κ1) is 15.8. The van der Waals surface area contributed by atoms with Gasteiger partial charge in [0, 0.05) is 24.2 Å². The van der Waals surface area contributed by atoms with Gasteiger partial charge in [-0.2, -0.15) is 0 Å². The molecular formula is C19H24N2O3S. The zero-order valence-corrected chi connectivity index (χ0v) is 15.1. The minimum absolute atomic E-state index is 0.102. The third-order valence-corrected chi connectivity index (χ3v) is 7.98. The SMILES string of the molecule is O=C(C1CC1)N1CCc2cc(S(=O)(=O)N[C@H]3C[C@@H]4CC[C@@H]3C4)ccc21. The number of rotatable bonds is 4. The van der Waals surface area contributed by atoms with E-state index in [9.17, 15) is 13.2 Å². The zero-order valence-electron chi connectivity index (χ0n) is 14.3. The summed E-state index contributed by atoms with van der Waals surface area (Å²) in [5, 5.41) is 0. The average Bonchev–Trinajstić information content (AvgIpc) is 3.03. The molecule has 25 heavy (non-hydrogen) atoms. The molecule has 3 saturated carbocycles. The van der Waals surface area contributed by atoms with Crippen molar-refractivity contribution in [2.75, 3.05) is 11.4 Å². The van der Waals surface area contributed by atoms with Crippen LogP contribution in [0.4, 0.5) is 5.69 Å². The summed E-state index contributed by atoms with van der Waals surface area (Å²) in [6, 6.07) is 5.35. The summed E-state index contributed by atoms with van der Waals surface area (Å²) in [4.78, 5) is 14.5. The number of nitrogens with zero attached hydrogens (tertiary/aromatic N) is 1. The fraction of sp³-hybridized carbons (Fsp3) is 0.632. The first-order chi connectivity index (χ1) is 12.0. The number of carbonyl (C=O) groups is 1. The molecule has 1 heterocycles. The van der Waals surface area contributed by atoms with Gasteiger partial charge in [-0.1, -0.05) is 6.42 Å². The van der Waals surface area contributed by atoms with E-state index in [0.717, 1.165) is 43.4 Å². The molecule has 0 unspecified atom stereocenters. The molecule has 3 aliphatic carbocycles. The highest BCUT2D eigenvalue weighted by Gasteiger charge is 2.41. The number of anilines is 1. The summed E-state index contributed by atoms with van der Waals surface area (Å²) in [7, 11) is -3.48. The lowest BCUT2D eigenvalue weighted by Crippen LogP contribution is -2.38. The van der Waals surface area contributed by atoms with Crippen LogP contribution in [0.2, 0.25) is 0 Å². The Balaban J connectivity index is 1.37. The number of benzene rings is 1. The molecule has 0 radical (unpaired) electrons. The van der Waals surface area contributed by atoms with Gasteiger partial charge in [0.15, 0.2) is 0 Å². The molecule has 3 atom stereocenters. The normalized spacial score (nSPS) is 30.7. The van der Waals surface area contributed by atoms with Gasteiger partial charge < -0.3 is 4.90 Å². The Morgan fingerprint density at radius 3 is 2.64 bits per heavy atom. The van der Waals surface area contributed by atoms with Crippen molar-refractivity contribution in [3.05, 3.63) is 23.8 Å². The number of nitrogens with one attached hydrogen (secondary N) is 1. The average molecular weight is 360 g/mol. The van der Waals surface area contributed by atoms with Crippen LogP contribution in [0.1, 0.15) is 44.1 Å². The topological polar surface area (TPSA) is 66.5 Å². The van der Waals surface area contributed by atoms with Crippen LogP contribution in [-0.4, -0.2) is 26.9 Å². The van der Waals surface area contributed by atoms with E-state index in [4.69, 9.17) is 0 Å². The lowest BCUT2D eigenvalue weighted by atomic mass is 9.96. The van der Waals surface area contributed by atoms with Gasteiger partial charge in [0.2, 0.25) is 15.9 Å². The second-order valence-electron chi connectivity index (χ2n) is 8.21. The van der Waals surface area contributed by atoms with Crippen LogP contribution < -0.4 is 9.62 Å². The van der Waals surface area contributed by atoms with Crippen LogP contribution in [0.25, 0.3) is 0 Å². The van der Waals surface area contributed by atoms with E-state index >= 15 is 0 Å². The predicted molar refractivity (Wildman–Crippen MR) is 94.8 cm³/mol. The lowest BCUT2D eigenvalue weighted by molar-refractivity contribution is -0.119. The summed E-state index contributed by atoms with van der Waals surface area (Å²) < 4.78 is 28.6. The molecule has 1 aromatic carbocycles. The van der Waals surface area contributed by atoms with Gasteiger partial charge in [-0.05, 0) is 74.1 Å². The van der Waals surface area contributed by atoms with Crippen LogP contribution in [-0.2, 0) is 21.2 Å². The number of fused-ring (bicyclic) bond motifs is 3. The van der Waals surface area contributed by atoms with Crippen molar-refractivity contribution in [3.8, 4) is 0 Å². The molecule has 3 fully saturated rings. The Hall–Kier alpha value is -1.40. The maximum absolute atomic E-state index is 12.8. The van der Waals surface area contributed by atoms with Gasteiger partial charge in [-0.25, -0.2) is 13.1 Å². The summed E-state index contributed by atoms with van der Waals surface area (Å²) in [5.41, 5.74) is 1.88. The number of hydrogen-bond donors (Lipinski definition) is 1. The molecule has 1 aromatic rings. The van der Waals surface area contributed by atoms with E-state index in [-0.39, 0.29) is 17.9 Å². The van der Waals surface area contributed by atoms with Crippen molar-refractivity contribution in [1.29, 1.82) is 0 Å². The molecule has 0 saturated heterocycles. The first-order valence-electron chi connectivity index (χ1n) is 9.48. The fourth-order valence-corrected chi connectivity index (χ4v) is 6.35. The molecule has 5 nitrogen and oxygen atoms in total. The second kappa shape index (κ2) is 5.55. The van der Waals surface area contributed by atoms with E-state index in [0.29, 0.717) is 23.3 Å². The lowest BCUT2D eigenvalue weighted by Gasteiger charge is -2.23. The zero-order chi connectivity index (χ0) is 17.2. The molecule has 0 spiro atoms. The monoisotopic (exact) mass is 360 g/mol. The minimum Gasteiger partial charge on any atom is -0.312 e. The van der Waals surface area contributed by atoms with E-state index in [2.05, 4.69) is 4.72 Å². The molecule has 1 amide bonds. The Morgan fingerprint density at radius 1 is 1.12 bits per heavy atom. The maximum Gasteiger partial charge on any atom is 0.240 e. The third kappa shape index (κ3) is 2.70. The van der Waals surface area contributed by atoms with Crippen LogP contribution in [0.15, 0.2) is 23.1 Å². The highest BCUT2D eigenvalue weighted by atomic mass is 32.2. The summed E-state index contributed by atoms with van der Waals surface area (Å²) in [6.45, 7) is 0.675. The molecular weight excluding hydrogens is 336 g/mol. The summed E-state index contributed by atoms with van der Waals surface area (Å²) >= 11 is 0. The van der Waals surface area contributed by atoms with Crippen molar-refractivity contribution < 1.29 is 13.2 Å². The molecule has 134 valence electrons. The van der Waals surface area contributed by atoms with E-state index in [1.54, 1.807) is 12.1 Å². The fourth-order valence-electron chi connectivity index (χ4n) is 4.98. The molecule has 1 aliphatic heterocycles. The molecule has 2 bridgehead atoms. The van der Waals surface area contributed by atoms with Gasteiger partial charge in [0.1, 0.15) is 0 Å². The third-order valence-electron chi connectivity index (χ3n) is 6.49. The number of carbonyl (C=O) groups excluding carboxylic acids is 1. The van der Waals surface area contributed by atoms with Crippen molar-refractivity contribution in [2.45, 2.75) is 55.9 Å². The van der Waals surface area contributed by atoms with Crippen LogP contribution >= 0.6 is 0 Å². The molecule has 5 rings (SSSR count).